The molecule has 2 fully saturated rings. The number of piperazine rings is 1. The highest BCUT2D eigenvalue weighted by Gasteiger charge is 2.32. The molecule has 1 saturated carbocycles. The van der Waals surface area contributed by atoms with Gasteiger partial charge >= 0.3 is 6.18 Å². The van der Waals surface area contributed by atoms with Crippen molar-refractivity contribution < 1.29 is 13.2 Å². The Hall–Kier alpha value is -1.65. The summed E-state index contributed by atoms with van der Waals surface area (Å²) < 4.78 is 43.1. The van der Waals surface area contributed by atoms with Gasteiger partial charge in [0.2, 0.25) is 0 Å². The molecular formula is C17H20ClF3N6S. The maximum atomic E-state index is 12.8. The van der Waals surface area contributed by atoms with Crippen LogP contribution in [0.2, 0.25) is 5.02 Å². The molecule has 0 aromatic carbocycles. The van der Waals surface area contributed by atoms with E-state index in [0.29, 0.717) is 31.6 Å². The summed E-state index contributed by atoms with van der Waals surface area (Å²) in [7, 11) is 0. The predicted molar refractivity (Wildman–Crippen MR) is 102 cm³/mol. The number of anilines is 1. The van der Waals surface area contributed by atoms with E-state index < -0.39 is 11.7 Å². The summed E-state index contributed by atoms with van der Waals surface area (Å²) in [5.74, 6) is 1.33. The topological polar surface area (TPSA) is 42.1 Å². The van der Waals surface area contributed by atoms with Crippen LogP contribution in [0.1, 0.15) is 30.3 Å². The first kappa shape index (κ1) is 19.7. The Kier molecular flexibility index (Phi) is 5.13. The summed E-state index contributed by atoms with van der Waals surface area (Å²) >= 11 is 11.6. The summed E-state index contributed by atoms with van der Waals surface area (Å²) in [6.45, 7) is 5.25. The van der Waals surface area contributed by atoms with E-state index in [1.807, 2.05) is 16.5 Å². The highest BCUT2D eigenvalue weighted by Crippen LogP contribution is 2.36. The van der Waals surface area contributed by atoms with E-state index >= 15 is 0 Å². The summed E-state index contributed by atoms with van der Waals surface area (Å²) in [5, 5.41) is 4.59. The number of pyridine rings is 1. The molecule has 2 aromatic rings. The molecule has 4 rings (SSSR count). The van der Waals surface area contributed by atoms with E-state index in [2.05, 4.69) is 19.5 Å². The quantitative estimate of drug-likeness (QED) is 0.685. The Balaban J connectivity index is 1.40. The van der Waals surface area contributed by atoms with E-state index in [0.717, 1.165) is 48.8 Å². The minimum Gasteiger partial charge on any atom is -0.353 e. The molecule has 28 heavy (non-hydrogen) atoms. The van der Waals surface area contributed by atoms with Crippen molar-refractivity contribution in [3.8, 4) is 0 Å². The van der Waals surface area contributed by atoms with E-state index in [-0.39, 0.29) is 5.02 Å². The van der Waals surface area contributed by atoms with Crippen LogP contribution in [0.15, 0.2) is 12.3 Å². The van der Waals surface area contributed by atoms with Gasteiger partial charge in [0.1, 0.15) is 11.6 Å². The summed E-state index contributed by atoms with van der Waals surface area (Å²) in [6.07, 6.45) is -1.31. The zero-order valence-electron chi connectivity index (χ0n) is 15.3. The first-order valence-electron chi connectivity index (χ1n) is 9.10. The highest BCUT2D eigenvalue weighted by atomic mass is 35.5. The third-order valence-electron chi connectivity index (χ3n) is 5.11. The van der Waals surface area contributed by atoms with Crippen molar-refractivity contribution in [2.75, 3.05) is 31.1 Å². The molecule has 0 N–H and O–H groups in total. The van der Waals surface area contributed by atoms with Crippen LogP contribution in [-0.2, 0) is 12.8 Å². The van der Waals surface area contributed by atoms with Gasteiger partial charge in [-0.15, -0.1) is 0 Å². The minimum atomic E-state index is -4.45. The molecule has 2 aromatic heterocycles. The fourth-order valence-electron chi connectivity index (χ4n) is 3.48. The van der Waals surface area contributed by atoms with Crippen molar-refractivity contribution in [3.63, 3.8) is 0 Å². The van der Waals surface area contributed by atoms with Crippen molar-refractivity contribution in [3.05, 3.63) is 33.4 Å². The van der Waals surface area contributed by atoms with E-state index in [4.69, 9.17) is 23.8 Å². The van der Waals surface area contributed by atoms with Crippen LogP contribution in [0.3, 0.4) is 0 Å². The number of hydrogen-bond acceptors (Lipinski definition) is 5. The monoisotopic (exact) mass is 432 g/mol. The van der Waals surface area contributed by atoms with Crippen molar-refractivity contribution in [2.24, 2.45) is 0 Å². The second kappa shape index (κ2) is 7.31. The van der Waals surface area contributed by atoms with Gasteiger partial charge in [0, 0.05) is 38.4 Å². The van der Waals surface area contributed by atoms with Crippen molar-refractivity contribution in [2.45, 2.75) is 38.7 Å². The molecule has 0 atom stereocenters. The number of aryl methyl sites for hydroxylation is 1. The highest BCUT2D eigenvalue weighted by molar-refractivity contribution is 7.71. The van der Waals surface area contributed by atoms with Gasteiger partial charge in [-0.05, 0) is 38.0 Å². The molecule has 1 aliphatic heterocycles. The van der Waals surface area contributed by atoms with E-state index in [1.54, 1.807) is 0 Å². The predicted octanol–water partition coefficient (Wildman–Crippen LogP) is 3.90. The number of nitrogens with zero attached hydrogens (tertiary/aromatic N) is 6. The molecule has 2 aliphatic rings. The molecule has 3 heterocycles. The third-order valence-corrected chi connectivity index (χ3v) is 5.79. The average molecular weight is 433 g/mol. The van der Waals surface area contributed by atoms with Crippen LogP contribution < -0.4 is 4.90 Å². The number of aromatic nitrogens is 4. The molecular weight excluding hydrogens is 413 g/mol. The number of halogens is 4. The molecule has 0 amide bonds. The lowest BCUT2D eigenvalue weighted by Crippen LogP contribution is -2.47. The second-order valence-electron chi connectivity index (χ2n) is 7.20. The fraction of sp³-hybridized carbons (Fsp3) is 0.588. The van der Waals surface area contributed by atoms with Crippen LogP contribution in [-0.4, -0.2) is 50.4 Å². The van der Waals surface area contributed by atoms with Gasteiger partial charge in [-0.3, -0.25) is 4.90 Å². The summed E-state index contributed by atoms with van der Waals surface area (Å²) in [6, 6.07) is 1.43. The Bertz CT molecular complexity index is 928. The molecule has 0 unspecified atom stereocenters. The van der Waals surface area contributed by atoms with Gasteiger partial charge in [0.05, 0.1) is 17.3 Å². The molecule has 0 spiro atoms. The SMILES string of the molecule is Cc1nn(CN2CCN(c3ncc(C(F)(F)F)cc3Cl)CC2)c(=S)n1C1CC1. The minimum absolute atomic E-state index is 0.0179. The number of alkyl halides is 3. The van der Waals surface area contributed by atoms with Gasteiger partial charge in [-0.25, -0.2) is 9.67 Å². The first-order valence-corrected chi connectivity index (χ1v) is 9.88. The first-order chi connectivity index (χ1) is 13.2. The van der Waals surface area contributed by atoms with Gasteiger partial charge in [-0.1, -0.05) is 11.6 Å². The van der Waals surface area contributed by atoms with Crippen LogP contribution in [0.4, 0.5) is 19.0 Å². The van der Waals surface area contributed by atoms with Gasteiger partial charge in [-0.2, -0.15) is 18.3 Å². The Morgan fingerprint density at radius 3 is 2.46 bits per heavy atom. The second-order valence-corrected chi connectivity index (χ2v) is 7.98. The smallest absolute Gasteiger partial charge is 0.353 e. The van der Waals surface area contributed by atoms with Crippen molar-refractivity contribution in [1.29, 1.82) is 0 Å². The van der Waals surface area contributed by atoms with E-state index in [1.165, 1.54) is 0 Å². The zero-order chi connectivity index (χ0) is 20.1. The van der Waals surface area contributed by atoms with Crippen LogP contribution in [0.25, 0.3) is 0 Å². The standard InChI is InChI=1S/C17H20ClF3N6S/c1-11-23-26(16(28)27(11)13-2-3-13)10-24-4-6-25(7-5-24)15-14(18)8-12(9-22-15)17(19,20)21/h8-9,13H,2-7,10H2,1H3. The average Bonchev–Trinajstić information content (AvgIpc) is 3.42. The Morgan fingerprint density at radius 2 is 1.89 bits per heavy atom. The lowest BCUT2D eigenvalue weighted by atomic mass is 10.2. The van der Waals surface area contributed by atoms with Crippen molar-refractivity contribution >= 4 is 29.6 Å². The lowest BCUT2D eigenvalue weighted by Gasteiger charge is -2.35. The zero-order valence-corrected chi connectivity index (χ0v) is 16.9. The maximum Gasteiger partial charge on any atom is 0.417 e. The lowest BCUT2D eigenvalue weighted by molar-refractivity contribution is -0.137. The Morgan fingerprint density at radius 1 is 1.21 bits per heavy atom. The van der Waals surface area contributed by atoms with Crippen molar-refractivity contribution in [1.82, 2.24) is 24.2 Å². The molecule has 11 heteroatoms. The third kappa shape index (κ3) is 3.90. The van der Waals surface area contributed by atoms with Gasteiger partial charge in [0.25, 0.3) is 0 Å². The molecule has 152 valence electrons. The van der Waals surface area contributed by atoms with Gasteiger partial charge in [0.15, 0.2) is 4.77 Å². The maximum absolute atomic E-state index is 12.8. The van der Waals surface area contributed by atoms with E-state index in [9.17, 15) is 13.2 Å². The number of hydrogen-bond donors (Lipinski definition) is 0. The molecule has 1 aliphatic carbocycles. The molecule has 1 saturated heterocycles. The fourth-order valence-corrected chi connectivity index (χ4v) is 4.15. The summed E-state index contributed by atoms with van der Waals surface area (Å²) in [4.78, 5) is 8.08. The summed E-state index contributed by atoms with van der Waals surface area (Å²) in [5.41, 5.74) is -0.837. The van der Waals surface area contributed by atoms with Crippen LogP contribution in [0.5, 0.6) is 0 Å². The molecule has 0 radical (unpaired) electrons. The molecule has 6 nitrogen and oxygen atoms in total. The normalized spacial score (nSPS) is 18.7. The van der Waals surface area contributed by atoms with Gasteiger partial charge < -0.3 is 9.47 Å². The van der Waals surface area contributed by atoms with Crippen LogP contribution >= 0.6 is 23.8 Å². The van der Waals surface area contributed by atoms with Crippen LogP contribution in [0, 0.1) is 11.7 Å². The molecule has 0 bridgehead atoms. The Labute approximate surface area is 170 Å². The number of rotatable bonds is 4. The largest absolute Gasteiger partial charge is 0.417 e.